The molecule has 5 heteroatoms. The van der Waals surface area contributed by atoms with Crippen LogP contribution in [-0.4, -0.2) is 11.5 Å². The number of non-ortho nitro benzene ring substituents is 1. The first kappa shape index (κ1) is 14.8. The highest BCUT2D eigenvalue weighted by atomic mass is 16.6. The van der Waals surface area contributed by atoms with E-state index in [0.29, 0.717) is 5.69 Å². The SMILES string of the molecule is CCN(Cc1ccccc1C)c1ccc([N+](=O)[O-])cc1N. The molecule has 0 unspecified atom stereocenters. The van der Waals surface area contributed by atoms with Gasteiger partial charge in [0.15, 0.2) is 0 Å². The Bertz CT molecular complexity index is 656. The predicted octanol–water partition coefficient (Wildman–Crippen LogP) is 3.51. The summed E-state index contributed by atoms with van der Waals surface area (Å²) in [7, 11) is 0. The van der Waals surface area contributed by atoms with E-state index < -0.39 is 4.92 Å². The van der Waals surface area contributed by atoms with Crippen LogP contribution in [-0.2, 0) is 6.54 Å². The van der Waals surface area contributed by atoms with Crippen molar-refractivity contribution in [2.45, 2.75) is 20.4 Å². The summed E-state index contributed by atoms with van der Waals surface area (Å²) >= 11 is 0. The molecule has 0 aliphatic carbocycles. The Balaban J connectivity index is 2.30. The molecule has 0 saturated carbocycles. The number of nitro benzene ring substituents is 1. The number of nitrogens with zero attached hydrogens (tertiary/aromatic N) is 2. The van der Waals surface area contributed by atoms with E-state index in [1.807, 2.05) is 19.1 Å². The van der Waals surface area contributed by atoms with Crippen molar-refractivity contribution in [1.29, 1.82) is 0 Å². The Morgan fingerprint density at radius 2 is 1.95 bits per heavy atom. The van der Waals surface area contributed by atoms with Crippen molar-refractivity contribution in [3.05, 3.63) is 63.7 Å². The summed E-state index contributed by atoms with van der Waals surface area (Å²) < 4.78 is 0. The zero-order valence-electron chi connectivity index (χ0n) is 12.2. The van der Waals surface area contributed by atoms with Gasteiger partial charge in [-0.05, 0) is 31.0 Å². The van der Waals surface area contributed by atoms with Crippen LogP contribution < -0.4 is 10.6 Å². The molecule has 0 amide bonds. The summed E-state index contributed by atoms with van der Waals surface area (Å²) in [6.45, 7) is 5.61. The molecule has 0 spiro atoms. The zero-order chi connectivity index (χ0) is 15.4. The first-order valence-corrected chi connectivity index (χ1v) is 6.86. The van der Waals surface area contributed by atoms with Crippen LogP contribution in [0.2, 0.25) is 0 Å². The van der Waals surface area contributed by atoms with Crippen molar-refractivity contribution in [1.82, 2.24) is 0 Å². The highest BCUT2D eigenvalue weighted by Crippen LogP contribution is 2.29. The molecule has 0 aromatic heterocycles. The molecule has 0 aliphatic heterocycles. The van der Waals surface area contributed by atoms with Gasteiger partial charge in [-0.1, -0.05) is 24.3 Å². The fourth-order valence-electron chi connectivity index (χ4n) is 2.30. The molecule has 0 saturated heterocycles. The van der Waals surface area contributed by atoms with Crippen molar-refractivity contribution in [3.8, 4) is 0 Å². The second kappa shape index (κ2) is 6.26. The van der Waals surface area contributed by atoms with Gasteiger partial charge >= 0.3 is 0 Å². The number of nitrogen functional groups attached to an aromatic ring is 1. The summed E-state index contributed by atoms with van der Waals surface area (Å²) in [4.78, 5) is 12.5. The highest BCUT2D eigenvalue weighted by molar-refractivity contribution is 5.70. The van der Waals surface area contributed by atoms with Gasteiger partial charge in [0.05, 0.1) is 16.3 Å². The van der Waals surface area contributed by atoms with Crippen molar-refractivity contribution in [2.75, 3.05) is 17.2 Å². The average molecular weight is 285 g/mol. The van der Waals surface area contributed by atoms with Crippen molar-refractivity contribution in [3.63, 3.8) is 0 Å². The second-order valence-electron chi connectivity index (χ2n) is 4.94. The standard InChI is InChI=1S/C16H19N3O2/c1-3-18(11-13-7-5-4-6-12(13)2)16-9-8-14(19(20)21)10-15(16)17/h4-10H,3,11,17H2,1-2H3. The molecule has 2 rings (SSSR count). The van der Waals surface area contributed by atoms with Gasteiger partial charge in [0, 0.05) is 25.2 Å². The third kappa shape index (κ3) is 3.31. The molecular weight excluding hydrogens is 266 g/mol. The third-order valence-corrected chi connectivity index (χ3v) is 3.57. The number of nitro groups is 1. The van der Waals surface area contributed by atoms with Crippen LogP contribution in [0, 0.1) is 17.0 Å². The molecule has 0 bridgehead atoms. The van der Waals surface area contributed by atoms with Gasteiger partial charge in [-0.25, -0.2) is 0 Å². The summed E-state index contributed by atoms with van der Waals surface area (Å²) in [5, 5.41) is 10.8. The number of benzene rings is 2. The number of hydrogen-bond donors (Lipinski definition) is 1. The lowest BCUT2D eigenvalue weighted by atomic mass is 10.1. The number of hydrogen-bond acceptors (Lipinski definition) is 4. The molecule has 0 heterocycles. The van der Waals surface area contributed by atoms with Crippen LogP contribution in [0.1, 0.15) is 18.1 Å². The molecule has 0 fully saturated rings. The lowest BCUT2D eigenvalue weighted by molar-refractivity contribution is -0.384. The Labute approximate surface area is 124 Å². The molecule has 0 aliphatic rings. The minimum Gasteiger partial charge on any atom is -0.397 e. The van der Waals surface area contributed by atoms with Gasteiger partial charge in [0.25, 0.3) is 5.69 Å². The van der Waals surface area contributed by atoms with E-state index in [1.165, 1.54) is 23.3 Å². The predicted molar refractivity (Wildman–Crippen MR) is 85.4 cm³/mol. The minimum absolute atomic E-state index is 0.0168. The summed E-state index contributed by atoms with van der Waals surface area (Å²) in [5.41, 5.74) is 9.69. The first-order chi connectivity index (χ1) is 10.0. The van der Waals surface area contributed by atoms with E-state index in [-0.39, 0.29) is 5.69 Å². The van der Waals surface area contributed by atoms with Crippen LogP contribution in [0.4, 0.5) is 17.1 Å². The Morgan fingerprint density at radius 1 is 1.24 bits per heavy atom. The van der Waals surface area contributed by atoms with Crippen molar-refractivity contribution >= 4 is 17.1 Å². The van der Waals surface area contributed by atoms with Crippen LogP contribution in [0.15, 0.2) is 42.5 Å². The minimum atomic E-state index is -0.433. The second-order valence-corrected chi connectivity index (χ2v) is 4.94. The van der Waals surface area contributed by atoms with Crippen LogP contribution in [0.3, 0.4) is 0 Å². The van der Waals surface area contributed by atoms with Crippen molar-refractivity contribution in [2.24, 2.45) is 0 Å². The van der Waals surface area contributed by atoms with Gasteiger partial charge in [0.1, 0.15) is 0 Å². The molecule has 21 heavy (non-hydrogen) atoms. The smallest absolute Gasteiger partial charge is 0.271 e. The van der Waals surface area contributed by atoms with E-state index >= 15 is 0 Å². The van der Waals surface area contributed by atoms with Gasteiger partial charge in [0.2, 0.25) is 0 Å². The summed E-state index contributed by atoms with van der Waals surface area (Å²) in [5.74, 6) is 0. The quantitative estimate of drug-likeness (QED) is 0.518. The largest absolute Gasteiger partial charge is 0.397 e. The van der Waals surface area contributed by atoms with Crippen LogP contribution in [0.25, 0.3) is 0 Å². The number of anilines is 2. The summed E-state index contributed by atoms with van der Waals surface area (Å²) in [6, 6.07) is 12.8. The van der Waals surface area contributed by atoms with E-state index in [0.717, 1.165) is 18.8 Å². The van der Waals surface area contributed by atoms with E-state index in [4.69, 9.17) is 5.73 Å². The molecule has 0 atom stereocenters. The Morgan fingerprint density at radius 3 is 2.52 bits per heavy atom. The summed E-state index contributed by atoms with van der Waals surface area (Å²) in [6.07, 6.45) is 0. The average Bonchev–Trinajstić information content (AvgIpc) is 2.47. The van der Waals surface area contributed by atoms with Crippen LogP contribution in [0.5, 0.6) is 0 Å². The van der Waals surface area contributed by atoms with E-state index in [2.05, 4.69) is 24.0 Å². The van der Waals surface area contributed by atoms with Gasteiger partial charge < -0.3 is 10.6 Å². The van der Waals surface area contributed by atoms with Gasteiger partial charge in [-0.3, -0.25) is 10.1 Å². The van der Waals surface area contributed by atoms with E-state index in [9.17, 15) is 10.1 Å². The maximum Gasteiger partial charge on any atom is 0.271 e. The molecule has 2 aromatic rings. The van der Waals surface area contributed by atoms with Gasteiger partial charge in [-0.2, -0.15) is 0 Å². The first-order valence-electron chi connectivity index (χ1n) is 6.86. The zero-order valence-corrected chi connectivity index (χ0v) is 12.2. The molecule has 2 aromatic carbocycles. The normalized spacial score (nSPS) is 10.4. The van der Waals surface area contributed by atoms with Crippen LogP contribution >= 0.6 is 0 Å². The topological polar surface area (TPSA) is 72.4 Å². The maximum absolute atomic E-state index is 10.8. The molecule has 5 nitrogen and oxygen atoms in total. The maximum atomic E-state index is 10.8. The number of rotatable bonds is 5. The fourth-order valence-corrected chi connectivity index (χ4v) is 2.30. The number of aryl methyl sites for hydroxylation is 1. The monoisotopic (exact) mass is 285 g/mol. The molecular formula is C16H19N3O2. The van der Waals surface area contributed by atoms with E-state index in [1.54, 1.807) is 6.07 Å². The third-order valence-electron chi connectivity index (χ3n) is 3.57. The lowest BCUT2D eigenvalue weighted by Crippen LogP contribution is -2.23. The Hall–Kier alpha value is -2.56. The van der Waals surface area contributed by atoms with Gasteiger partial charge in [-0.15, -0.1) is 0 Å². The fraction of sp³-hybridized carbons (Fsp3) is 0.250. The molecule has 2 N–H and O–H groups in total. The number of nitrogens with two attached hydrogens (primary N) is 1. The highest BCUT2D eigenvalue weighted by Gasteiger charge is 2.14. The molecule has 110 valence electrons. The Kier molecular flexibility index (Phi) is 4.42. The van der Waals surface area contributed by atoms with Crippen molar-refractivity contribution < 1.29 is 4.92 Å². The molecule has 0 radical (unpaired) electrons. The lowest BCUT2D eigenvalue weighted by Gasteiger charge is -2.25.